The van der Waals surface area contributed by atoms with Crippen LogP contribution in [0.15, 0.2) is 91.0 Å². The minimum atomic E-state index is -3.65. The molecule has 0 aliphatic heterocycles. The molecule has 3 aromatic carbocycles. The summed E-state index contributed by atoms with van der Waals surface area (Å²) in [6.45, 7) is 0. The second-order valence-electron chi connectivity index (χ2n) is 7.36. The average Bonchev–Trinajstić information content (AvgIpc) is 2.78. The fraction of sp³-hybridized carbons (Fsp3) is 0.240. The Labute approximate surface area is 193 Å². The number of hydrogen-bond acceptors (Lipinski definition) is 1. The molecule has 0 aliphatic rings. The molecule has 0 radical (unpaired) electrons. The molecule has 0 saturated heterocycles. The van der Waals surface area contributed by atoms with E-state index in [-0.39, 0.29) is 23.4 Å². The number of rotatable bonds is 10. The van der Waals surface area contributed by atoms with Crippen molar-refractivity contribution < 1.29 is 35.7 Å². The minimum absolute atomic E-state index is 0. The van der Waals surface area contributed by atoms with E-state index in [1.54, 1.807) is 0 Å². The van der Waals surface area contributed by atoms with Crippen LogP contribution in [0.1, 0.15) is 25.7 Å². The molecule has 1 N–H and O–H groups in total. The standard InChI is InChI=1S/C25H25F2O2P.BrH/c26-25(27,24(28)29)19-11-4-12-20-30(21-13-5-1-6-14-21,22-15-7-2-8-16-22)23-17-9-3-10-18-23;/h1-3,5-10,13-18H,4,11-12,19-20H2;1H. The van der Waals surface area contributed by atoms with Crippen molar-refractivity contribution in [2.45, 2.75) is 31.6 Å². The molecule has 0 aromatic heterocycles. The van der Waals surface area contributed by atoms with E-state index in [2.05, 4.69) is 36.4 Å². The molecule has 3 rings (SSSR count). The van der Waals surface area contributed by atoms with Crippen LogP contribution in [0, 0.1) is 0 Å². The molecule has 0 bridgehead atoms. The highest BCUT2D eigenvalue weighted by atomic mass is 79.9. The molecule has 164 valence electrons. The van der Waals surface area contributed by atoms with Gasteiger partial charge in [0.2, 0.25) is 0 Å². The molecule has 0 heterocycles. The first-order chi connectivity index (χ1) is 14.5. The second kappa shape index (κ2) is 11.5. The van der Waals surface area contributed by atoms with Gasteiger partial charge in [0.25, 0.3) is 0 Å². The van der Waals surface area contributed by atoms with Gasteiger partial charge in [0.1, 0.15) is 23.2 Å². The molecule has 0 atom stereocenters. The van der Waals surface area contributed by atoms with Crippen LogP contribution in [0.4, 0.5) is 8.78 Å². The van der Waals surface area contributed by atoms with E-state index < -0.39 is 25.6 Å². The normalized spacial score (nSPS) is 11.5. The number of hydrogen-bond donors (Lipinski definition) is 1. The molecular formula is C25H26BrF2O2P. The van der Waals surface area contributed by atoms with Crippen molar-refractivity contribution in [1.29, 1.82) is 0 Å². The predicted molar refractivity (Wildman–Crippen MR) is 121 cm³/mol. The van der Waals surface area contributed by atoms with Gasteiger partial charge in [-0.25, -0.2) is 4.79 Å². The summed E-state index contributed by atoms with van der Waals surface area (Å²) in [6.07, 6.45) is 1.75. The first-order valence-electron chi connectivity index (χ1n) is 10.1. The van der Waals surface area contributed by atoms with Crippen molar-refractivity contribution in [3.05, 3.63) is 91.0 Å². The molecular weight excluding hydrogens is 481 g/mol. The molecule has 6 heteroatoms. The highest BCUT2D eigenvalue weighted by Crippen LogP contribution is 2.56. The number of benzene rings is 3. The van der Waals surface area contributed by atoms with Gasteiger partial charge < -0.3 is 22.1 Å². The van der Waals surface area contributed by atoms with Crippen LogP contribution in [0.25, 0.3) is 0 Å². The maximum Gasteiger partial charge on any atom is 0.374 e. The number of halogens is 3. The monoisotopic (exact) mass is 506 g/mol. The van der Waals surface area contributed by atoms with Gasteiger partial charge in [-0.15, -0.1) is 0 Å². The van der Waals surface area contributed by atoms with Crippen LogP contribution >= 0.6 is 7.26 Å². The van der Waals surface area contributed by atoms with Crippen LogP contribution in [0.3, 0.4) is 0 Å². The van der Waals surface area contributed by atoms with Crippen molar-refractivity contribution in [2.24, 2.45) is 0 Å². The van der Waals surface area contributed by atoms with Crippen LogP contribution in [0.2, 0.25) is 0 Å². The van der Waals surface area contributed by atoms with Gasteiger partial charge in [-0.3, -0.25) is 0 Å². The van der Waals surface area contributed by atoms with E-state index in [1.165, 1.54) is 15.9 Å². The molecule has 2 nitrogen and oxygen atoms in total. The maximum atomic E-state index is 13.4. The Hall–Kier alpha value is -2.10. The van der Waals surface area contributed by atoms with Crippen LogP contribution in [0.5, 0.6) is 0 Å². The summed E-state index contributed by atoms with van der Waals surface area (Å²) in [5.41, 5.74) is 0. The number of carboxylic acids is 1. The minimum Gasteiger partial charge on any atom is -1.00 e. The number of aliphatic carboxylic acids is 1. The number of carboxylic acid groups (broad SMARTS) is 1. The Morgan fingerprint density at radius 3 is 1.45 bits per heavy atom. The third-order valence-corrected chi connectivity index (χ3v) is 9.91. The van der Waals surface area contributed by atoms with E-state index in [1.807, 2.05) is 54.6 Å². The van der Waals surface area contributed by atoms with Gasteiger partial charge in [-0.1, -0.05) is 54.6 Å². The zero-order valence-corrected chi connectivity index (χ0v) is 19.6. The summed E-state index contributed by atoms with van der Waals surface area (Å²) in [4.78, 5) is 10.7. The molecule has 0 spiro atoms. The Morgan fingerprint density at radius 1 is 0.710 bits per heavy atom. The van der Waals surface area contributed by atoms with Crippen molar-refractivity contribution in [3.8, 4) is 0 Å². The summed E-state index contributed by atoms with van der Waals surface area (Å²) in [5.74, 6) is -5.69. The topological polar surface area (TPSA) is 37.3 Å². The fourth-order valence-corrected chi connectivity index (χ4v) is 8.27. The molecule has 0 unspecified atom stereocenters. The van der Waals surface area contributed by atoms with Crippen LogP contribution < -0.4 is 32.9 Å². The van der Waals surface area contributed by atoms with E-state index in [4.69, 9.17) is 5.11 Å². The number of carbonyl (C=O) groups is 1. The zero-order chi connectivity index (χ0) is 21.5. The van der Waals surface area contributed by atoms with Gasteiger partial charge in [0.05, 0.1) is 6.16 Å². The van der Waals surface area contributed by atoms with Gasteiger partial charge in [-0.05, 0) is 55.7 Å². The molecule has 0 fully saturated rings. The lowest BCUT2D eigenvalue weighted by molar-refractivity contribution is -0.165. The smallest absolute Gasteiger partial charge is 0.374 e. The third-order valence-electron chi connectivity index (χ3n) is 5.39. The van der Waals surface area contributed by atoms with E-state index >= 15 is 0 Å². The van der Waals surface area contributed by atoms with Gasteiger partial charge in [0, 0.05) is 6.42 Å². The number of alkyl halides is 2. The Morgan fingerprint density at radius 2 is 1.10 bits per heavy atom. The van der Waals surface area contributed by atoms with Crippen molar-refractivity contribution in [2.75, 3.05) is 6.16 Å². The Kier molecular flexibility index (Phi) is 9.33. The van der Waals surface area contributed by atoms with E-state index in [0.717, 1.165) is 12.6 Å². The summed E-state index contributed by atoms with van der Waals surface area (Å²) in [7, 11) is -1.96. The highest BCUT2D eigenvalue weighted by molar-refractivity contribution is 7.95. The summed E-state index contributed by atoms with van der Waals surface area (Å²) >= 11 is 0. The lowest BCUT2D eigenvalue weighted by Gasteiger charge is -2.27. The summed E-state index contributed by atoms with van der Waals surface area (Å²) in [5, 5.41) is 12.4. The van der Waals surface area contributed by atoms with E-state index in [9.17, 15) is 13.6 Å². The van der Waals surface area contributed by atoms with Gasteiger partial charge >= 0.3 is 11.9 Å². The molecule has 0 saturated carbocycles. The maximum absolute atomic E-state index is 13.4. The Balaban J connectivity index is 0.00000341. The lowest BCUT2D eigenvalue weighted by atomic mass is 10.1. The molecule has 31 heavy (non-hydrogen) atoms. The molecule has 3 aromatic rings. The van der Waals surface area contributed by atoms with Gasteiger partial charge in [0.15, 0.2) is 0 Å². The van der Waals surface area contributed by atoms with E-state index in [0.29, 0.717) is 6.42 Å². The van der Waals surface area contributed by atoms with Crippen LogP contribution in [-0.4, -0.2) is 23.2 Å². The zero-order valence-electron chi connectivity index (χ0n) is 17.1. The summed E-state index contributed by atoms with van der Waals surface area (Å²) in [6, 6.07) is 31.2. The van der Waals surface area contributed by atoms with Crippen molar-refractivity contribution in [1.82, 2.24) is 0 Å². The predicted octanol–water partition coefficient (Wildman–Crippen LogP) is 2.26. The SMILES string of the molecule is O=C(O)C(F)(F)CCCCC[P+](c1ccccc1)(c1ccccc1)c1ccccc1.[Br-]. The average molecular weight is 507 g/mol. The third kappa shape index (κ3) is 5.99. The molecule has 0 aliphatic carbocycles. The van der Waals surface area contributed by atoms with Crippen molar-refractivity contribution >= 4 is 29.1 Å². The largest absolute Gasteiger partial charge is 1.00 e. The summed E-state index contributed by atoms with van der Waals surface area (Å²) < 4.78 is 26.8. The molecule has 0 amide bonds. The first kappa shape index (κ1) is 25.2. The fourth-order valence-electron chi connectivity index (χ4n) is 3.86. The Bertz CT molecular complexity index is 841. The van der Waals surface area contributed by atoms with Crippen LogP contribution in [-0.2, 0) is 4.79 Å². The number of unbranched alkanes of at least 4 members (excludes halogenated alkanes) is 2. The first-order valence-corrected chi connectivity index (χ1v) is 12.1. The van der Waals surface area contributed by atoms with Crippen molar-refractivity contribution in [3.63, 3.8) is 0 Å². The van der Waals surface area contributed by atoms with Gasteiger partial charge in [-0.2, -0.15) is 8.78 Å². The quantitative estimate of drug-likeness (QED) is 0.338. The second-order valence-corrected chi connectivity index (χ2v) is 11.0. The lowest BCUT2D eigenvalue weighted by Crippen LogP contribution is -3.00. The highest BCUT2D eigenvalue weighted by Gasteiger charge is 2.44.